The molecule has 0 amide bonds. The van der Waals surface area contributed by atoms with Gasteiger partial charge in [0.15, 0.2) is 0 Å². The molecular formula is C22H46O4S. The highest BCUT2D eigenvalue weighted by molar-refractivity contribution is 7.86. The van der Waals surface area contributed by atoms with Crippen LogP contribution in [0.25, 0.3) is 0 Å². The number of hydrogen-bond donors (Lipinski definition) is 2. The van der Waals surface area contributed by atoms with E-state index in [1.807, 2.05) is 0 Å². The Labute approximate surface area is 169 Å². The molecule has 0 radical (unpaired) electrons. The zero-order chi connectivity index (χ0) is 20.4. The molecule has 0 heterocycles. The van der Waals surface area contributed by atoms with Crippen LogP contribution in [0, 0.1) is 0 Å². The van der Waals surface area contributed by atoms with Crippen LogP contribution < -0.4 is 0 Å². The Morgan fingerprint density at radius 1 is 0.630 bits per heavy atom. The largest absolute Gasteiger partial charge is 0.393 e. The molecule has 0 saturated heterocycles. The van der Waals surface area contributed by atoms with Gasteiger partial charge >= 0.3 is 0 Å². The monoisotopic (exact) mass is 406 g/mol. The van der Waals surface area contributed by atoms with Gasteiger partial charge in [0.05, 0.1) is 11.4 Å². The smallest absolute Gasteiger partial charge is 0.267 e. The van der Waals surface area contributed by atoms with Crippen molar-refractivity contribution in [3.63, 3.8) is 0 Å². The van der Waals surface area contributed by atoms with E-state index >= 15 is 0 Å². The lowest BCUT2D eigenvalue weighted by atomic mass is 10.0. The minimum atomic E-state index is -4.07. The standard InChI is InChI=1S/C22H46O4S/c1-3-5-7-9-10-11-12-13-15-17-19-22(27(24,25)26)20-21(23)18-16-14-8-6-4-2/h21-23H,3-20H2,1-2H3,(H,24,25,26). The van der Waals surface area contributed by atoms with Crippen molar-refractivity contribution in [2.75, 3.05) is 0 Å². The maximum absolute atomic E-state index is 11.6. The van der Waals surface area contributed by atoms with Crippen LogP contribution in [0.4, 0.5) is 0 Å². The molecule has 2 atom stereocenters. The summed E-state index contributed by atoms with van der Waals surface area (Å²) in [5.74, 6) is 0. The van der Waals surface area contributed by atoms with Crippen molar-refractivity contribution in [2.45, 2.75) is 141 Å². The first-order chi connectivity index (χ1) is 12.9. The van der Waals surface area contributed by atoms with Crippen molar-refractivity contribution in [3.05, 3.63) is 0 Å². The van der Waals surface area contributed by atoms with Crippen molar-refractivity contribution in [2.24, 2.45) is 0 Å². The highest BCUT2D eigenvalue weighted by Crippen LogP contribution is 2.20. The first-order valence-corrected chi connectivity index (χ1v) is 13.1. The quantitative estimate of drug-likeness (QED) is 0.175. The Morgan fingerprint density at radius 2 is 1.00 bits per heavy atom. The molecule has 0 aliphatic carbocycles. The molecule has 0 aromatic carbocycles. The summed E-state index contributed by atoms with van der Waals surface area (Å²) < 4.78 is 32.7. The summed E-state index contributed by atoms with van der Waals surface area (Å²) in [6.07, 6.45) is 18.2. The summed E-state index contributed by atoms with van der Waals surface area (Å²) >= 11 is 0. The summed E-state index contributed by atoms with van der Waals surface area (Å²) in [5, 5.41) is 9.32. The third kappa shape index (κ3) is 17.7. The van der Waals surface area contributed by atoms with E-state index in [0.29, 0.717) is 12.8 Å². The van der Waals surface area contributed by atoms with E-state index in [2.05, 4.69) is 13.8 Å². The molecule has 5 heteroatoms. The van der Waals surface area contributed by atoms with Gasteiger partial charge in [-0.05, 0) is 19.3 Å². The van der Waals surface area contributed by atoms with E-state index in [1.165, 1.54) is 64.2 Å². The second-order valence-corrected chi connectivity index (χ2v) is 9.90. The highest BCUT2D eigenvalue weighted by atomic mass is 32.2. The van der Waals surface area contributed by atoms with Gasteiger partial charge in [0.1, 0.15) is 0 Å². The minimum Gasteiger partial charge on any atom is -0.393 e. The zero-order valence-corrected chi connectivity index (χ0v) is 18.8. The minimum absolute atomic E-state index is 0.171. The Morgan fingerprint density at radius 3 is 1.41 bits per heavy atom. The number of aliphatic hydroxyl groups excluding tert-OH is 1. The Hall–Kier alpha value is -0.130. The van der Waals surface area contributed by atoms with Crippen LogP contribution in [0.3, 0.4) is 0 Å². The summed E-state index contributed by atoms with van der Waals surface area (Å²) in [7, 11) is -4.07. The van der Waals surface area contributed by atoms with Crippen molar-refractivity contribution in [1.29, 1.82) is 0 Å². The fourth-order valence-electron chi connectivity index (χ4n) is 3.65. The van der Waals surface area contributed by atoms with Gasteiger partial charge in [0.2, 0.25) is 0 Å². The normalized spacial score (nSPS) is 14.4. The molecule has 0 bridgehead atoms. The molecule has 0 aromatic rings. The van der Waals surface area contributed by atoms with Crippen LogP contribution in [-0.2, 0) is 10.1 Å². The molecule has 0 saturated carbocycles. The molecule has 4 nitrogen and oxygen atoms in total. The van der Waals surface area contributed by atoms with Crippen LogP contribution in [0.1, 0.15) is 129 Å². The van der Waals surface area contributed by atoms with Crippen LogP contribution in [0.5, 0.6) is 0 Å². The summed E-state index contributed by atoms with van der Waals surface area (Å²) in [4.78, 5) is 0. The molecule has 0 aliphatic rings. The number of rotatable bonds is 20. The van der Waals surface area contributed by atoms with E-state index in [9.17, 15) is 18.1 Å². The molecule has 0 rings (SSSR count). The summed E-state index contributed by atoms with van der Waals surface area (Å²) in [6.45, 7) is 4.39. The molecule has 0 aromatic heterocycles. The van der Waals surface area contributed by atoms with Crippen LogP contribution >= 0.6 is 0 Å². The zero-order valence-electron chi connectivity index (χ0n) is 18.0. The maximum Gasteiger partial charge on any atom is 0.267 e. The van der Waals surface area contributed by atoms with E-state index in [4.69, 9.17) is 0 Å². The van der Waals surface area contributed by atoms with Gasteiger partial charge in [-0.2, -0.15) is 8.42 Å². The average molecular weight is 407 g/mol. The van der Waals surface area contributed by atoms with Gasteiger partial charge in [0, 0.05) is 0 Å². The Bertz CT molecular complexity index is 409. The predicted molar refractivity (Wildman–Crippen MR) is 116 cm³/mol. The first-order valence-electron chi connectivity index (χ1n) is 11.6. The third-order valence-corrected chi connectivity index (χ3v) is 6.75. The SMILES string of the molecule is CCCCCCCCCCCCC(CC(O)CCCCCCC)S(=O)(=O)O. The highest BCUT2D eigenvalue weighted by Gasteiger charge is 2.25. The number of aliphatic hydroxyl groups is 1. The Balaban J connectivity index is 3.85. The lowest BCUT2D eigenvalue weighted by molar-refractivity contribution is 0.146. The number of unbranched alkanes of at least 4 members (excludes halogenated alkanes) is 13. The van der Waals surface area contributed by atoms with Crippen LogP contribution in [0.15, 0.2) is 0 Å². The van der Waals surface area contributed by atoms with E-state index in [1.54, 1.807) is 0 Å². The molecule has 2 N–H and O–H groups in total. The topological polar surface area (TPSA) is 74.6 Å². The van der Waals surface area contributed by atoms with Gasteiger partial charge < -0.3 is 5.11 Å². The molecule has 0 aliphatic heterocycles. The maximum atomic E-state index is 11.6. The Kier molecular flexibility index (Phi) is 17.8. The van der Waals surface area contributed by atoms with Crippen LogP contribution in [-0.4, -0.2) is 29.4 Å². The van der Waals surface area contributed by atoms with Gasteiger partial charge in [-0.1, -0.05) is 110 Å². The van der Waals surface area contributed by atoms with E-state index in [0.717, 1.165) is 32.1 Å². The molecular weight excluding hydrogens is 360 g/mol. The van der Waals surface area contributed by atoms with Gasteiger partial charge in [0.25, 0.3) is 10.1 Å². The van der Waals surface area contributed by atoms with Crippen molar-refractivity contribution in [1.82, 2.24) is 0 Å². The average Bonchev–Trinajstić information content (AvgIpc) is 2.61. The molecule has 2 unspecified atom stereocenters. The van der Waals surface area contributed by atoms with Gasteiger partial charge in [-0.25, -0.2) is 0 Å². The van der Waals surface area contributed by atoms with Gasteiger partial charge in [-0.15, -0.1) is 0 Å². The fraction of sp³-hybridized carbons (Fsp3) is 1.00. The van der Waals surface area contributed by atoms with Crippen molar-refractivity contribution in [3.8, 4) is 0 Å². The van der Waals surface area contributed by atoms with Crippen molar-refractivity contribution >= 4 is 10.1 Å². The van der Waals surface area contributed by atoms with Gasteiger partial charge in [-0.3, -0.25) is 4.55 Å². The summed E-state index contributed by atoms with van der Waals surface area (Å²) in [5.41, 5.74) is 0. The lowest BCUT2D eigenvalue weighted by Crippen LogP contribution is -2.26. The molecule has 164 valence electrons. The molecule has 27 heavy (non-hydrogen) atoms. The van der Waals surface area contributed by atoms with Crippen molar-refractivity contribution < 1.29 is 18.1 Å². The lowest BCUT2D eigenvalue weighted by Gasteiger charge is -2.18. The van der Waals surface area contributed by atoms with E-state index in [-0.39, 0.29) is 6.42 Å². The van der Waals surface area contributed by atoms with Crippen LogP contribution in [0.2, 0.25) is 0 Å². The number of hydrogen-bond acceptors (Lipinski definition) is 3. The predicted octanol–water partition coefficient (Wildman–Crippen LogP) is 6.67. The second kappa shape index (κ2) is 17.9. The summed E-state index contributed by atoms with van der Waals surface area (Å²) in [6, 6.07) is 0. The first kappa shape index (κ1) is 26.9. The van der Waals surface area contributed by atoms with E-state index < -0.39 is 21.5 Å². The molecule has 0 fully saturated rings. The molecule has 0 spiro atoms. The second-order valence-electron chi connectivity index (χ2n) is 8.20. The fourth-order valence-corrected chi connectivity index (χ4v) is 4.58. The third-order valence-electron chi connectivity index (χ3n) is 5.48.